The van der Waals surface area contributed by atoms with E-state index in [9.17, 15) is 4.79 Å². The topological polar surface area (TPSA) is 90.2 Å². The largest absolute Gasteiger partial charge is 0.369 e. The van der Waals surface area contributed by atoms with Gasteiger partial charge in [-0.05, 0) is 51.0 Å². The van der Waals surface area contributed by atoms with Crippen LogP contribution in [0.1, 0.15) is 44.6 Å². The molecule has 4 rings (SSSR count). The molecule has 2 fully saturated rings. The van der Waals surface area contributed by atoms with Gasteiger partial charge in [-0.3, -0.25) is 4.79 Å². The number of halogens is 2. The third-order valence-corrected chi connectivity index (χ3v) is 8.26. The van der Waals surface area contributed by atoms with Gasteiger partial charge in [-0.25, -0.2) is 4.57 Å². The minimum Gasteiger partial charge on any atom is -0.369 e. The lowest BCUT2D eigenvalue weighted by Crippen LogP contribution is -2.48. The van der Waals surface area contributed by atoms with Crippen LogP contribution >= 0.6 is 23.2 Å². The lowest BCUT2D eigenvalue weighted by molar-refractivity contribution is 0.197. The van der Waals surface area contributed by atoms with Crippen molar-refractivity contribution in [3.63, 3.8) is 0 Å². The summed E-state index contributed by atoms with van der Waals surface area (Å²) in [6, 6.07) is 0.285. The van der Waals surface area contributed by atoms with Gasteiger partial charge in [0.25, 0.3) is 5.56 Å². The molecule has 0 amide bonds. The summed E-state index contributed by atoms with van der Waals surface area (Å²) in [6.45, 7) is 5.26. The molecule has 4 N–H and O–H groups in total. The Balaban J connectivity index is 1.66. The minimum atomic E-state index is -0.958. The van der Waals surface area contributed by atoms with E-state index in [1.807, 2.05) is 0 Å². The van der Waals surface area contributed by atoms with Gasteiger partial charge in [0.2, 0.25) is 5.95 Å². The summed E-state index contributed by atoms with van der Waals surface area (Å²) in [5.74, 6) is 0.793. The number of anilines is 2. The molecule has 1 saturated heterocycles. The molecular weight excluding hydrogens is 409 g/mol. The molecule has 8 heteroatoms. The molecule has 158 valence electrons. The monoisotopic (exact) mass is 437 g/mol. The molecule has 1 aromatic heterocycles. The van der Waals surface area contributed by atoms with Gasteiger partial charge in [0.05, 0.1) is 16.6 Å². The van der Waals surface area contributed by atoms with Crippen LogP contribution in [0, 0.1) is 12.3 Å². The Bertz CT molecular complexity index is 928. The van der Waals surface area contributed by atoms with Crippen molar-refractivity contribution in [1.29, 1.82) is 0 Å². The highest BCUT2D eigenvalue weighted by atomic mass is 35.5. The van der Waals surface area contributed by atoms with Gasteiger partial charge in [-0.1, -0.05) is 18.6 Å². The number of piperidine rings is 1. The van der Waals surface area contributed by atoms with Crippen LogP contribution in [0.4, 0.5) is 11.8 Å². The Kier molecular flexibility index (Phi) is 5.24. The molecule has 3 aliphatic rings. The van der Waals surface area contributed by atoms with Crippen LogP contribution < -0.4 is 21.9 Å². The highest BCUT2D eigenvalue weighted by molar-refractivity contribution is 6.37. The molecule has 0 aromatic carbocycles. The van der Waals surface area contributed by atoms with E-state index in [0.717, 1.165) is 32.4 Å². The van der Waals surface area contributed by atoms with Crippen LogP contribution in [0.2, 0.25) is 0 Å². The highest BCUT2D eigenvalue weighted by Crippen LogP contribution is 2.46. The molecule has 3 atom stereocenters. The first-order valence-corrected chi connectivity index (χ1v) is 11.1. The molecule has 2 aliphatic carbocycles. The van der Waals surface area contributed by atoms with Crippen molar-refractivity contribution in [3.8, 4) is 0 Å². The molecule has 6 nitrogen and oxygen atoms in total. The Labute approximate surface area is 181 Å². The second kappa shape index (κ2) is 7.33. The summed E-state index contributed by atoms with van der Waals surface area (Å²) < 4.78 is 1.39. The fourth-order valence-electron chi connectivity index (χ4n) is 5.12. The second-order valence-corrected chi connectivity index (χ2v) is 10.1. The first kappa shape index (κ1) is 20.8. The first-order valence-electron chi connectivity index (χ1n) is 10.3. The number of hydrogen-bond donors (Lipinski definition) is 2. The molecule has 0 radical (unpaired) electrons. The van der Waals surface area contributed by atoms with E-state index >= 15 is 0 Å². The van der Waals surface area contributed by atoms with Gasteiger partial charge in [-0.15, -0.1) is 23.2 Å². The van der Waals surface area contributed by atoms with Gasteiger partial charge < -0.3 is 16.4 Å². The molecule has 1 spiro atoms. The molecular formula is C21H29Cl2N5O. The van der Waals surface area contributed by atoms with Gasteiger partial charge in [0, 0.05) is 19.1 Å². The van der Waals surface area contributed by atoms with Crippen LogP contribution in [0.15, 0.2) is 23.0 Å². The molecule has 0 bridgehead atoms. The highest BCUT2D eigenvalue weighted by Gasteiger charge is 2.43. The smallest absolute Gasteiger partial charge is 0.264 e. The summed E-state index contributed by atoms with van der Waals surface area (Å²) >= 11 is 13.0. The van der Waals surface area contributed by atoms with E-state index in [-0.39, 0.29) is 23.0 Å². The van der Waals surface area contributed by atoms with E-state index < -0.39 is 10.3 Å². The van der Waals surface area contributed by atoms with Crippen molar-refractivity contribution in [2.75, 3.05) is 23.7 Å². The lowest BCUT2D eigenvalue weighted by Gasteiger charge is -2.43. The van der Waals surface area contributed by atoms with Crippen molar-refractivity contribution >= 4 is 40.7 Å². The van der Waals surface area contributed by atoms with E-state index in [0.29, 0.717) is 17.1 Å². The van der Waals surface area contributed by atoms with Crippen LogP contribution in [-0.2, 0) is 0 Å². The van der Waals surface area contributed by atoms with Crippen molar-refractivity contribution in [3.05, 3.63) is 34.1 Å². The normalized spacial score (nSPS) is 31.3. The van der Waals surface area contributed by atoms with Crippen molar-refractivity contribution < 1.29 is 0 Å². The van der Waals surface area contributed by atoms with Crippen molar-refractivity contribution in [2.24, 2.45) is 11.1 Å². The predicted octanol–water partition coefficient (Wildman–Crippen LogP) is 3.25. The third-order valence-electron chi connectivity index (χ3n) is 7.14. The van der Waals surface area contributed by atoms with Gasteiger partial charge in [-0.2, -0.15) is 4.98 Å². The average molecular weight is 438 g/mol. The molecule has 29 heavy (non-hydrogen) atoms. The van der Waals surface area contributed by atoms with Gasteiger partial charge in [0.1, 0.15) is 10.7 Å². The third kappa shape index (κ3) is 3.29. The summed E-state index contributed by atoms with van der Waals surface area (Å²) in [6.07, 6.45) is 11.0. The lowest BCUT2D eigenvalue weighted by atomic mass is 9.74. The number of aromatic nitrogens is 2. The molecule has 1 aromatic rings. The molecule has 2 unspecified atom stereocenters. The van der Waals surface area contributed by atoms with E-state index in [4.69, 9.17) is 34.7 Å². The van der Waals surface area contributed by atoms with Crippen molar-refractivity contribution in [1.82, 2.24) is 9.55 Å². The van der Waals surface area contributed by atoms with E-state index in [2.05, 4.69) is 9.88 Å². The average Bonchev–Trinajstić information content (AvgIpc) is 3.03. The number of hydrogen-bond acceptors (Lipinski definition) is 5. The van der Waals surface area contributed by atoms with Gasteiger partial charge >= 0.3 is 0 Å². The Morgan fingerprint density at radius 2 is 1.97 bits per heavy atom. The Morgan fingerprint density at radius 1 is 1.28 bits per heavy atom. The summed E-state index contributed by atoms with van der Waals surface area (Å²) in [4.78, 5) is 19.1. The molecule has 1 saturated carbocycles. The summed E-state index contributed by atoms with van der Waals surface area (Å²) in [5, 5.41) is -0.454. The predicted molar refractivity (Wildman–Crippen MR) is 121 cm³/mol. The maximum Gasteiger partial charge on any atom is 0.264 e. The van der Waals surface area contributed by atoms with Crippen LogP contribution in [0.3, 0.4) is 0 Å². The number of nitrogens with zero attached hydrogens (tertiary/aromatic N) is 3. The van der Waals surface area contributed by atoms with Crippen molar-refractivity contribution in [2.45, 2.75) is 62.2 Å². The number of nitrogens with two attached hydrogens (primary N) is 2. The Morgan fingerprint density at radius 3 is 2.59 bits per heavy atom. The number of nitrogen functional groups attached to an aromatic ring is 1. The standard InChI is InChI=1S/C21H29Cl2N5O/c1-13-17(27-11-9-21(10-12-27)8-4-6-15(21)24)26-19(25)28(18(13)29)16-7-3-5-14(22)20(16,2)23/h3,5,7,14-15H,4,6,8-12,24H2,1-2H3,(H2,25,26)/t14?,15-,20?/m0/s1. The van der Waals surface area contributed by atoms with E-state index in [1.165, 1.54) is 17.4 Å². The maximum atomic E-state index is 13.3. The fourth-order valence-corrected chi connectivity index (χ4v) is 5.54. The number of allylic oxidation sites excluding steroid dienone is 4. The number of rotatable bonds is 2. The van der Waals surface area contributed by atoms with Crippen LogP contribution in [-0.4, -0.2) is 38.9 Å². The SMILES string of the molecule is Cc1c(N2CCC3(CCC[C@@H]3N)CC2)nc(N)n(C2=CC=CC(Cl)C2(C)Cl)c1=O. The zero-order chi connectivity index (χ0) is 21.0. The zero-order valence-corrected chi connectivity index (χ0v) is 18.5. The summed E-state index contributed by atoms with van der Waals surface area (Å²) in [7, 11) is 0. The second-order valence-electron chi connectivity index (χ2n) is 8.82. The maximum absolute atomic E-state index is 13.3. The minimum absolute atomic E-state index is 0.130. The zero-order valence-electron chi connectivity index (χ0n) is 17.0. The fraction of sp³-hybridized carbons (Fsp3) is 0.619. The van der Waals surface area contributed by atoms with E-state index in [1.54, 1.807) is 32.1 Å². The van der Waals surface area contributed by atoms with Crippen LogP contribution in [0.5, 0.6) is 0 Å². The molecule has 2 heterocycles. The van der Waals surface area contributed by atoms with Gasteiger partial charge in [0.15, 0.2) is 0 Å². The number of alkyl halides is 2. The molecule has 1 aliphatic heterocycles. The Hall–Kier alpha value is -1.50. The van der Waals surface area contributed by atoms with Crippen LogP contribution in [0.25, 0.3) is 5.70 Å². The summed E-state index contributed by atoms with van der Waals surface area (Å²) in [5.41, 5.74) is 13.8. The first-order chi connectivity index (χ1) is 13.7. The quantitative estimate of drug-likeness (QED) is 0.692.